The number of nitrogens with zero attached hydrogens (tertiary/aromatic N) is 4. The lowest BCUT2D eigenvalue weighted by Crippen LogP contribution is -2.36. The first-order valence-electron chi connectivity index (χ1n) is 9.71. The smallest absolute Gasteiger partial charge is 0.294 e. The summed E-state index contributed by atoms with van der Waals surface area (Å²) in [6.45, 7) is 6.83. The lowest BCUT2D eigenvalue weighted by Gasteiger charge is -2.27. The Kier molecular flexibility index (Phi) is 6.85. The number of anilines is 3. The third kappa shape index (κ3) is 4.69. The number of aromatic nitrogens is 1. The fourth-order valence-electron chi connectivity index (χ4n) is 3.24. The van der Waals surface area contributed by atoms with Gasteiger partial charge in [-0.3, -0.25) is 10.1 Å². The van der Waals surface area contributed by atoms with Crippen molar-refractivity contribution in [3.05, 3.63) is 46.6 Å². The van der Waals surface area contributed by atoms with Crippen LogP contribution >= 0.6 is 0 Å². The van der Waals surface area contributed by atoms with Gasteiger partial charge >= 0.3 is 0 Å². The van der Waals surface area contributed by atoms with E-state index in [2.05, 4.69) is 15.2 Å². The molecular weight excluding hydrogens is 410 g/mol. The Balaban J connectivity index is 1.84. The SMILES string of the molecule is CCN(CC)S(=O)(=O)c1ccc(Nc2ccc(N3CCOCC3)nc2)c([N+](=O)[O-])c1. The second-order valence-corrected chi connectivity index (χ2v) is 8.59. The first kappa shape index (κ1) is 21.9. The molecule has 0 aliphatic carbocycles. The molecule has 1 aliphatic rings. The number of ether oxygens (including phenoxy) is 1. The molecule has 1 fully saturated rings. The van der Waals surface area contributed by atoms with Crippen molar-refractivity contribution in [3.63, 3.8) is 0 Å². The highest BCUT2D eigenvalue weighted by Crippen LogP contribution is 2.31. The summed E-state index contributed by atoms with van der Waals surface area (Å²) in [5.41, 5.74) is 0.439. The Hall–Kier alpha value is -2.76. The number of sulfonamides is 1. The third-order valence-electron chi connectivity index (χ3n) is 4.87. The second-order valence-electron chi connectivity index (χ2n) is 6.65. The molecule has 0 radical (unpaired) electrons. The fourth-order valence-corrected chi connectivity index (χ4v) is 4.71. The molecule has 1 aromatic carbocycles. The number of nitro groups is 1. The Bertz CT molecular complexity index is 987. The van der Waals surface area contributed by atoms with Gasteiger partial charge in [0, 0.05) is 32.2 Å². The summed E-state index contributed by atoms with van der Waals surface area (Å²) in [4.78, 5) is 17.4. The number of hydrogen-bond acceptors (Lipinski definition) is 8. The van der Waals surface area contributed by atoms with Crippen LogP contribution in [-0.4, -0.2) is 62.0 Å². The van der Waals surface area contributed by atoms with Crippen LogP contribution in [0.2, 0.25) is 0 Å². The first-order valence-corrected chi connectivity index (χ1v) is 11.1. The van der Waals surface area contributed by atoms with E-state index in [4.69, 9.17) is 4.74 Å². The number of benzene rings is 1. The van der Waals surface area contributed by atoms with Crippen molar-refractivity contribution < 1.29 is 18.1 Å². The van der Waals surface area contributed by atoms with Gasteiger partial charge in [-0.25, -0.2) is 13.4 Å². The Morgan fingerprint density at radius 3 is 2.47 bits per heavy atom. The van der Waals surface area contributed by atoms with Crippen molar-refractivity contribution in [2.45, 2.75) is 18.7 Å². The maximum Gasteiger partial charge on any atom is 0.294 e. The standard InChI is InChI=1S/C19H25N5O5S/c1-3-23(4-2)30(27,28)16-6-7-17(18(13-16)24(25)26)21-15-5-8-19(20-14-15)22-9-11-29-12-10-22/h5-8,13-14,21H,3-4,9-12H2,1-2H3. The molecule has 11 heteroatoms. The maximum absolute atomic E-state index is 12.7. The largest absolute Gasteiger partial charge is 0.378 e. The highest BCUT2D eigenvalue weighted by atomic mass is 32.2. The molecule has 10 nitrogen and oxygen atoms in total. The summed E-state index contributed by atoms with van der Waals surface area (Å²) in [7, 11) is -3.79. The van der Waals surface area contributed by atoms with Gasteiger partial charge in [-0.15, -0.1) is 0 Å². The second kappa shape index (κ2) is 9.37. The summed E-state index contributed by atoms with van der Waals surface area (Å²) in [6, 6.07) is 7.48. The quantitative estimate of drug-likeness (QED) is 0.497. The van der Waals surface area contributed by atoms with Gasteiger partial charge in [0.1, 0.15) is 11.5 Å². The highest BCUT2D eigenvalue weighted by Gasteiger charge is 2.25. The van der Waals surface area contributed by atoms with Gasteiger partial charge in [-0.1, -0.05) is 13.8 Å². The molecule has 1 saturated heterocycles. The molecule has 162 valence electrons. The Morgan fingerprint density at radius 1 is 1.20 bits per heavy atom. The van der Waals surface area contributed by atoms with Crippen LogP contribution in [0, 0.1) is 10.1 Å². The average molecular weight is 436 g/mol. The molecular formula is C19H25N5O5S. The van der Waals surface area contributed by atoms with Crippen molar-refractivity contribution in [1.82, 2.24) is 9.29 Å². The molecule has 0 spiro atoms. The van der Waals surface area contributed by atoms with E-state index < -0.39 is 14.9 Å². The number of nitrogens with one attached hydrogen (secondary N) is 1. The predicted octanol–water partition coefficient (Wildman–Crippen LogP) is 2.60. The van der Waals surface area contributed by atoms with Gasteiger partial charge in [-0.2, -0.15) is 4.31 Å². The topological polar surface area (TPSA) is 118 Å². The fraction of sp³-hybridized carbons (Fsp3) is 0.421. The lowest BCUT2D eigenvalue weighted by molar-refractivity contribution is -0.384. The summed E-state index contributed by atoms with van der Waals surface area (Å²) in [5, 5.41) is 14.5. The molecule has 1 aromatic heterocycles. The summed E-state index contributed by atoms with van der Waals surface area (Å²) in [6.07, 6.45) is 1.59. The number of nitro benzene ring substituents is 1. The van der Waals surface area contributed by atoms with Gasteiger partial charge in [0.15, 0.2) is 0 Å². The zero-order chi connectivity index (χ0) is 21.7. The van der Waals surface area contributed by atoms with Gasteiger partial charge in [-0.05, 0) is 24.3 Å². The van der Waals surface area contributed by atoms with E-state index in [1.54, 1.807) is 26.1 Å². The summed E-state index contributed by atoms with van der Waals surface area (Å²) in [5.74, 6) is 0.805. The van der Waals surface area contributed by atoms with Crippen molar-refractivity contribution in [1.29, 1.82) is 0 Å². The van der Waals surface area contributed by atoms with Crippen LogP contribution in [0.3, 0.4) is 0 Å². The molecule has 0 saturated carbocycles. The lowest BCUT2D eigenvalue weighted by atomic mass is 10.2. The van der Waals surface area contributed by atoms with E-state index in [9.17, 15) is 18.5 Å². The number of pyridine rings is 1. The minimum atomic E-state index is -3.79. The summed E-state index contributed by atoms with van der Waals surface area (Å²) < 4.78 is 32.0. The molecule has 1 aliphatic heterocycles. The molecule has 2 heterocycles. The Morgan fingerprint density at radius 2 is 1.90 bits per heavy atom. The first-order chi connectivity index (χ1) is 14.4. The molecule has 0 bridgehead atoms. The van der Waals surface area contributed by atoms with Crippen LogP contribution in [-0.2, 0) is 14.8 Å². The zero-order valence-electron chi connectivity index (χ0n) is 16.9. The molecule has 0 amide bonds. The van der Waals surface area contributed by atoms with Gasteiger partial charge in [0.2, 0.25) is 10.0 Å². The third-order valence-corrected chi connectivity index (χ3v) is 6.92. The zero-order valence-corrected chi connectivity index (χ0v) is 17.8. The number of hydrogen-bond donors (Lipinski definition) is 1. The monoisotopic (exact) mass is 435 g/mol. The van der Waals surface area contributed by atoms with E-state index in [1.165, 1.54) is 16.4 Å². The molecule has 1 N–H and O–H groups in total. The van der Waals surface area contributed by atoms with Crippen LogP contribution in [0.1, 0.15) is 13.8 Å². The van der Waals surface area contributed by atoms with Crippen molar-refractivity contribution >= 4 is 32.9 Å². The van der Waals surface area contributed by atoms with Crippen LogP contribution in [0.5, 0.6) is 0 Å². The van der Waals surface area contributed by atoms with Gasteiger partial charge in [0.25, 0.3) is 5.69 Å². The predicted molar refractivity (Wildman–Crippen MR) is 114 cm³/mol. The highest BCUT2D eigenvalue weighted by molar-refractivity contribution is 7.89. The van der Waals surface area contributed by atoms with E-state index in [0.717, 1.165) is 25.0 Å². The van der Waals surface area contributed by atoms with E-state index in [1.807, 2.05) is 6.07 Å². The van der Waals surface area contributed by atoms with E-state index >= 15 is 0 Å². The number of rotatable bonds is 8. The molecule has 2 aromatic rings. The van der Waals surface area contributed by atoms with Crippen LogP contribution < -0.4 is 10.2 Å². The summed E-state index contributed by atoms with van der Waals surface area (Å²) >= 11 is 0. The molecule has 3 rings (SSSR count). The van der Waals surface area contributed by atoms with Crippen molar-refractivity contribution in [2.75, 3.05) is 49.6 Å². The van der Waals surface area contributed by atoms with Crippen LogP contribution in [0.15, 0.2) is 41.4 Å². The Labute approximate surface area is 175 Å². The average Bonchev–Trinajstić information content (AvgIpc) is 2.75. The number of morpholine rings is 1. The normalized spacial score (nSPS) is 14.7. The minimum Gasteiger partial charge on any atom is -0.378 e. The van der Waals surface area contributed by atoms with Crippen LogP contribution in [0.25, 0.3) is 0 Å². The molecule has 0 unspecified atom stereocenters. The maximum atomic E-state index is 12.7. The molecule has 0 atom stereocenters. The minimum absolute atomic E-state index is 0.107. The molecule has 30 heavy (non-hydrogen) atoms. The van der Waals surface area contributed by atoms with Gasteiger partial charge in [0.05, 0.1) is 34.9 Å². The van der Waals surface area contributed by atoms with Crippen LogP contribution in [0.4, 0.5) is 22.9 Å². The van der Waals surface area contributed by atoms with Crippen molar-refractivity contribution in [2.24, 2.45) is 0 Å². The van der Waals surface area contributed by atoms with Gasteiger partial charge < -0.3 is 15.0 Å². The van der Waals surface area contributed by atoms with E-state index in [0.29, 0.717) is 18.9 Å². The van der Waals surface area contributed by atoms with E-state index in [-0.39, 0.29) is 29.4 Å². The van der Waals surface area contributed by atoms with Crippen molar-refractivity contribution in [3.8, 4) is 0 Å².